The van der Waals surface area contributed by atoms with E-state index in [1.165, 1.54) is 121 Å². The summed E-state index contributed by atoms with van der Waals surface area (Å²) in [6, 6.07) is 56.6. The summed E-state index contributed by atoms with van der Waals surface area (Å²) in [7, 11) is 0. The quantitative estimate of drug-likeness (QED) is 0.161. The summed E-state index contributed by atoms with van der Waals surface area (Å²) in [4.78, 5) is 8.13. The van der Waals surface area contributed by atoms with Crippen LogP contribution in [-0.4, -0.2) is 16.4 Å². The van der Waals surface area contributed by atoms with E-state index in [1.54, 1.807) is 11.3 Å². The lowest BCUT2D eigenvalue weighted by atomic mass is 9.44. The van der Waals surface area contributed by atoms with Gasteiger partial charge in [0.05, 0.1) is 21.3 Å². The molecule has 2 aromatic heterocycles. The van der Waals surface area contributed by atoms with Gasteiger partial charge in [-0.2, -0.15) is 0 Å². The van der Waals surface area contributed by atoms with Gasteiger partial charge in [0.15, 0.2) is 0 Å². The number of nitrogens with zero attached hydrogens (tertiary/aromatic N) is 3. The van der Waals surface area contributed by atoms with Crippen LogP contribution in [0, 0.1) is 0 Å². The number of thiazole rings is 1. The lowest BCUT2D eigenvalue weighted by Crippen LogP contribution is -2.60. The number of aromatic nitrogens is 2. The zero-order chi connectivity index (χ0) is 46.6. The van der Waals surface area contributed by atoms with Gasteiger partial charge in [-0.15, -0.1) is 11.3 Å². The van der Waals surface area contributed by atoms with Crippen LogP contribution in [0.15, 0.2) is 146 Å². The van der Waals surface area contributed by atoms with Crippen LogP contribution in [0.25, 0.3) is 81.7 Å². The molecule has 0 spiro atoms. The Balaban J connectivity index is 1.11. The SMILES string of the molecule is CC(C)(C)c1ccc(N2B3c4cc5nc(-c6ccccc6)sc5cc4-n4c5cc6c(cc5c5ccc(c3c54)-c3cc4c(cc32)-c2ccc(C(C)(C)C)cc2C4(C)C)C(C)(C)c2ccccc2-6)cc1. The van der Waals surface area contributed by atoms with Gasteiger partial charge in [0.1, 0.15) is 5.01 Å². The summed E-state index contributed by atoms with van der Waals surface area (Å²) >= 11 is 1.80. The third-order valence-corrected chi connectivity index (χ3v) is 17.6. The van der Waals surface area contributed by atoms with Crippen LogP contribution in [0.4, 0.5) is 11.4 Å². The van der Waals surface area contributed by atoms with E-state index in [0.29, 0.717) is 0 Å². The molecule has 0 atom stereocenters. The first-order valence-corrected chi connectivity index (χ1v) is 25.3. The smallest absolute Gasteiger partial charge is 0.333 e. The van der Waals surface area contributed by atoms with Gasteiger partial charge in [0.2, 0.25) is 0 Å². The molecule has 10 aromatic rings. The van der Waals surface area contributed by atoms with Crippen LogP contribution in [0.2, 0.25) is 0 Å². The van der Waals surface area contributed by atoms with Crippen molar-refractivity contribution in [3.05, 3.63) is 179 Å². The lowest BCUT2D eigenvalue weighted by Gasteiger charge is -2.42. The Morgan fingerprint density at radius 3 is 1.93 bits per heavy atom. The van der Waals surface area contributed by atoms with Gasteiger partial charge in [-0.05, 0) is 131 Å². The lowest BCUT2D eigenvalue weighted by molar-refractivity contribution is 0.584. The maximum Gasteiger partial charge on any atom is 0.333 e. The fourth-order valence-corrected chi connectivity index (χ4v) is 13.8. The van der Waals surface area contributed by atoms with Crippen LogP contribution in [0.3, 0.4) is 0 Å². The molecule has 0 saturated carbocycles. The minimum Gasteiger partial charge on any atom is -0.376 e. The first kappa shape index (κ1) is 40.4. The van der Waals surface area contributed by atoms with E-state index in [1.807, 2.05) is 0 Å². The molecule has 5 heteroatoms. The number of anilines is 2. The van der Waals surface area contributed by atoms with E-state index in [2.05, 4.69) is 224 Å². The van der Waals surface area contributed by atoms with Gasteiger partial charge < -0.3 is 9.38 Å². The minimum absolute atomic E-state index is 0.0273. The molecule has 68 heavy (non-hydrogen) atoms. The van der Waals surface area contributed by atoms with Crippen molar-refractivity contribution in [3.8, 4) is 49.6 Å². The molecule has 0 amide bonds. The number of benzene rings is 8. The molecule has 0 bridgehead atoms. The molecule has 2 aliphatic carbocycles. The van der Waals surface area contributed by atoms with Crippen molar-refractivity contribution in [3.63, 3.8) is 0 Å². The predicted molar refractivity (Wildman–Crippen MR) is 291 cm³/mol. The van der Waals surface area contributed by atoms with Crippen LogP contribution >= 0.6 is 11.3 Å². The van der Waals surface area contributed by atoms with E-state index < -0.39 is 0 Å². The average molecular weight is 896 g/mol. The topological polar surface area (TPSA) is 21.1 Å². The first-order chi connectivity index (χ1) is 32.5. The molecule has 0 unspecified atom stereocenters. The van der Waals surface area contributed by atoms with Gasteiger partial charge in [-0.3, -0.25) is 0 Å². The highest BCUT2D eigenvalue weighted by molar-refractivity contribution is 7.21. The monoisotopic (exact) mass is 895 g/mol. The van der Waals surface area contributed by atoms with Crippen molar-refractivity contribution < 1.29 is 0 Å². The zero-order valence-electron chi connectivity index (χ0n) is 40.7. The van der Waals surface area contributed by atoms with Crippen LogP contribution in [0.1, 0.15) is 103 Å². The predicted octanol–water partition coefficient (Wildman–Crippen LogP) is 15.5. The fourth-order valence-electron chi connectivity index (χ4n) is 12.8. The molecule has 0 saturated heterocycles. The highest BCUT2D eigenvalue weighted by Crippen LogP contribution is 2.56. The van der Waals surface area contributed by atoms with Gasteiger partial charge in [-0.1, -0.05) is 166 Å². The molecule has 0 N–H and O–H groups in total. The van der Waals surface area contributed by atoms with Crippen molar-refractivity contribution in [2.45, 2.75) is 90.9 Å². The van der Waals surface area contributed by atoms with Gasteiger partial charge in [0.25, 0.3) is 0 Å². The van der Waals surface area contributed by atoms with Crippen LogP contribution < -0.4 is 15.7 Å². The van der Waals surface area contributed by atoms with Crippen LogP contribution in [-0.2, 0) is 21.7 Å². The zero-order valence-corrected chi connectivity index (χ0v) is 41.5. The highest BCUT2D eigenvalue weighted by atomic mass is 32.1. The fraction of sp³-hybridized carbons (Fsp3) is 0.222. The molecule has 4 aliphatic rings. The average Bonchev–Trinajstić information content (AvgIpc) is 4.02. The van der Waals surface area contributed by atoms with Crippen molar-refractivity contribution in [1.29, 1.82) is 0 Å². The highest BCUT2D eigenvalue weighted by Gasteiger charge is 2.47. The molecule has 14 rings (SSSR count). The Morgan fingerprint density at radius 2 is 1.16 bits per heavy atom. The second-order valence-corrected chi connectivity index (χ2v) is 24.3. The number of hydrogen-bond acceptors (Lipinski definition) is 3. The summed E-state index contributed by atoms with van der Waals surface area (Å²) < 4.78 is 3.85. The molecule has 4 heterocycles. The normalized spacial score (nSPS) is 15.7. The second kappa shape index (κ2) is 13.1. The van der Waals surface area contributed by atoms with Gasteiger partial charge >= 0.3 is 6.85 Å². The number of fused-ring (bicyclic) bond motifs is 15. The van der Waals surface area contributed by atoms with Crippen molar-refractivity contribution >= 4 is 72.5 Å². The molecule has 2 aliphatic heterocycles. The van der Waals surface area contributed by atoms with E-state index >= 15 is 0 Å². The van der Waals surface area contributed by atoms with Crippen molar-refractivity contribution in [2.24, 2.45) is 0 Å². The Morgan fingerprint density at radius 1 is 0.515 bits per heavy atom. The standard InChI is InChI=1S/C63H54BN3S/c1-60(2,3)36-20-23-38(24-21-36)67-54-32-44-40-25-22-37(61(4,5)6)28-48(40)63(9,10)50(44)29-45(54)41-26-27-42-46-30-49-43(39-18-14-15-19-47(39)62(49,7)8)31-53(46)66-55-34-56-52(33-51(55)64(67)57(41)58(42)66)65-59(68-56)35-16-12-11-13-17-35/h11-34H,1-10H3. The third kappa shape index (κ3) is 5.23. The maximum absolute atomic E-state index is 5.43. The Labute approximate surface area is 404 Å². The Hall–Kier alpha value is -6.69. The molecule has 8 aromatic carbocycles. The van der Waals surface area contributed by atoms with Crippen LogP contribution in [0.5, 0.6) is 0 Å². The van der Waals surface area contributed by atoms with Gasteiger partial charge in [0, 0.05) is 49.8 Å². The van der Waals surface area contributed by atoms with Crippen molar-refractivity contribution in [2.75, 3.05) is 4.81 Å². The summed E-state index contributed by atoms with van der Waals surface area (Å²) in [5.41, 5.74) is 27.3. The van der Waals surface area contributed by atoms with E-state index in [9.17, 15) is 0 Å². The van der Waals surface area contributed by atoms with E-state index in [4.69, 9.17) is 4.98 Å². The molecule has 3 nitrogen and oxygen atoms in total. The Bertz CT molecular complexity index is 3870. The van der Waals surface area contributed by atoms with Crippen molar-refractivity contribution in [1.82, 2.24) is 9.55 Å². The minimum atomic E-state index is -0.170. The number of hydrogen-bond donors (Lipinski definition) is 0. The van der Waals surface area contributed by atoms with E-state index in [-0.39, 0.29) is 28.5 Å². The summed E-state index contributed by atoms with van der Waals surface area (Å²) in [5, 5.41) is 3.68. The maximum atomic E-state index is 5.43. The number of rotatable bonds is 2. The summed E-state index contributed by atoms with van der Waals surface area (Å²) in [5.74, 6) is 0. The largest absolute Gasteiger partial charge is 0.376 e. The molecule has 330 valence electrons. The Kier molecular flexibility index (Phi) is 7.78. The third-order valence-electron chi connectivity index (χ3n) is 16.5. The molecule has 0 fully saturated rings. The molecular weight excluding hydrogens is 842 g/mol. The molecular formula is C63H54BN3S. The summed E-state index contributed by atoms with van der Waals surface area (Å²) in [6.07, 6.45) is 0. The summed E-state index contributed by atoms with van der Waals surface area (Å²) in [6.45, 7) is 23.5. The first-order valence-electron chi connectivity index (χ1n) is 24.5. The molecule has 0 radical (unpaired) electrons. The van der Waals surface area contributed by atoms with E-state index in [0.717, 1.165) is 16.1 Å². The van der Waals surface area contributed by atoms with Gasteiger partial charge in [-0.25, -0.2) is 4.98 Å². The second-order valence-electron chi connectivity index (χ2n) is 23.2.